The number of carbonyl (C=O) groups excluding carboxylic acids is 1. The molecule has 0 atom stereocenters. The van der Waals surface area contributed by atoms with Crippen molar-refractivity contribution < 1.29 is 4.79 Å². The Morgan fingerprint density at radius 3 is 2.82 bits per heavy atom. The van der Waals surface area contributed by atoms with Gasteiger partial charge in [-0.3, -0.25) is 4.79 Å². The monoisotopic (exact) mass is 150 g/mol. The molecule has 1 aromatic rings. The lowest BCUT2D eigenvalue weighted by atomic mass is 10.2. The molecular weight excluding hydrogens is 140 g/mol. The Labute approximate surface area is 65.5 Å². The molecule has 1 heterocycles. The standard InChI is InChI=1S/C8H10N2O/c1-6(2)8-9-4-3-7(5-11)10-8/h3-6H,1-2H3. The van der Waals surface area contributed by atoms with Gasteiger partial charge in [0.2, 0.25) is 0 Å². The van der Waals surface area contributed by atoms with Gasteiger partial charge in [0.1, 0.15) is 11.5 Å². The Hall–Kier alpha value is -1.25. The third-order valence-corrected chi connectivity index (χ3v) is 1.33. The smallest absolute Gasteiger partial charge is 0.168 e. The highest BCUT2D eigenvalue weighted by Crippen LogP contribution is 2.06. The normalized spacial score (nSPS) is 10.1. The van der Waals surface area contributed by atoms with Gasteiger partial charge < -0.3 is 0 Å². The molecule has 58 valence electrons. The summed E-state index contributed by atoms with van der Waals surface area (Å²) in [4.78, 5) is 18.3. The van der Waals surface area contributed by atoms with Crippen LogP contribution < -0.4 is 0 Å². The first kappa shape index (κ1) is 7.85. The van der Waals surface area contributed by atoms with E-state index in [1.165, 1.54) is 0 Å². The molecule has 0 radical (unpaired) electrons. The molecule has 0 aromatic carbocycles. The number of hydrogen-bond donors (Lipinski definition) is 0. The molecule has 1 aromatic heterocycles. The molecule has 1 rings (SSSR count). The summed E-state index contributed by atoms with van der Waals surface area (Å²) in [5.74, 6) is 0.990. The number of nitrogens with zero attached hydrogens (tertiary/aromatic N) is 2. The van der Waals surface area contributed by atoms with Crippen LogP contribution in [0.4, 0.5) is 0 Å². The summed E-state index contributed by atoms with van der Waals surface area (Å²) >= 11 is 0. The van der Waals surface area contributed by atoms with E-state index in [2.05, 4.69) is 9.97 Å². The molecule has 0 fully saturated rings. The molecule has 0 spiro atoms. The number of rotatable bonds is 2. The van der Waals surface area contributed by atoms with Crippen molar-refractivity contribution in [2.45, 2.75) is 19.8 Å². The summed E-state index contributed by atoms with van der Waals surface area (Å²) in [6.07, 6.45) is 2.33. The first-order valence-corrected chi connectivity index (χ1v) is 3.52. The Balaban J connectivity index is 3.00. The van der Waals surface area contributed by atoms with Crippen molar-refractivity contribution in [3.63, 3.8) is 0 Å². The predicted octanol–water partition coefficient (Wildman–Crippen LogP) is 1.41. The fraction of sp³-hybridized carbons (Fsp3) is 0.375. The number of hydrogen-bond acceptors (Lipinski definition) is 3. The van der Waals surface area contributed by atoms with Crippen LogP contribution in [-0.4, -0.2) is 16.3 Å². The van der Waals surface area contributed by atoms with Crippen molar-refractivity contribution in [1.82, 2.24) is 9.97 Å². The van der Waals surface area contributed by atoms with Gasteiger partial charge in [0, 0.05) is 12.1 Å². The lowest BCUT2D eigenvalue weighted by Crippen LogP contribution is -1.99. The minimum absolute atomic E-state index is 0.273. The van der Waals surface area contributed by atoms with Crippen molar-refractivity contribution in [3.05, 3.63) is 23.8 Å². The van der Waals surface area contributed by atoms with Gasteiger partial charge >= 0.3 is 0 Å². The van der Waals surface area contributed by atoms with Crippen molar-refractivity contribution in [2.75, 3.05) is 0 Å². The van der Waals surface area contributed by atoms with Gasteiger partial charge in [0.15, 0.2) is 6.29 Å². The molecule has 3 heteroatoms. The van der Waals surface area contributed by atoms with E-state index in [9.17, 15) is 4.79 Å². The first-order chi connectivity index (χ1) is 5.24. The highest BCUT2D eigenvalue weighted by atomic mass is 16.1. The maximum absolute atomic E-state index is 10.3. The van der Waals surface area contributed by atoms with Gasteiger partial charge in [0.05, 0.1) is 0 Å². The third kappa shape index (κ3) is 1.83. The summed E-state index contributed by atoms with van der Waals surface area (Å²) in [5.41, 5.74) is 0.448. The van der Waals surface area contributed by atoms with Gasteiger partial charge in [-0.15, -0.1) is 0 Å². The van der Waals surface area contributed by atoms with Crippen LogP contribution in [0.1, 0.15) is 36.1 Å². The lowest BCUT2D eigenvalue weighted by molar-refractivity contribution is 0.111. The summed E-state index contributed by atoms with van der Waals surface area (Å²) in [5, 5.41) is 0. The zero-order chi connectivity index (χ0) is 8.27. The van der Waals surface area contributed by atoms with Gasteiger partial charge in [-0.05, 0) is 6.07 Å². The van der Waals surface area contributed by atoms with Gasteiger partial charge in [-0.25, -0.2) is 9.97 Å². The molecule has 0 bridgehead atoms. The summed E-state index contributed by atoms with van der Waals surface area (Å²) < 4.78 is 0. The summed E-state index contributed by atoms with van der Waals surface area (Å²) in [6, 6.07) is 1.60. The van der Waals surface area contributed by atoms with E-state index in [0.717, 1.165) is 12.1 Å². The lowest BCUT2D eigenvalue weighted by Gasteiger charge is -2.01. The Kier molecular flexibility index (Phi) is 2.31. The molecule has 0 aliphatic heterocycles. The SMILES string of the molecule is CC(C)c1nccc(C=O)n1. The molecular formula is C8H10N2O. The van der Waals surface area contributed by atoms with E-state index in [4.69, 9.17) is 0 Å². The molecule has 0 unspecified atom stereocenters. The second-order valence-electron chi connectivity index (χ2n) is 2.61. The van der Waals surface area contributed by atoms with E-state index in [0.29, 0.717) is 5.69 Å². The fourth-order valence-corrected chi connectivity index (χ4v) is 0.732. The summed E-state index contributed by atoms with van der Waals surface area (Å²) in [7, 11) is 0. The van der Waals surface area contributed by atoms with E-state index >= 15 is 0 Å². The van der Waals surface area contributed by atoms with Gasteiger partial charge in [-0.2, -0.15) is 0 Å². The molecule has 0 amide bonds. The zero-order valence-electron chi connectivity index (χ0n) is 6.61. The Morgan fingerprint density at radius 1 is 1.55 bits per heavy atom. The zero-order valence-corrected chi connectivity index (χ0v) is 6.61. The van der Waals surface area contributed by atoms with Crippen LogP contribution in [0.5, 0.6) is 0 Å². The Morgan fingerprint density at radius 2 is 2.27 bits per heavy atom. The van der Waals surface area contributed by atoms with Crippen LogP contribution >= 0.6 is 0 Å². The fourth-order valence-electron chi connectivity index (χ4n) is 0.732. The largest absolute Gasteiger partial charge is 0.296 e. The quantitative estimate of drug-likeness (QED) is 0.598. The number of carbonyl (C=O) groups is 1. The Bertz CT molecular complexity index is 258. The third-order valence-electron chi connectivity index (χ3n) is 1.33. The van der Waals surface area contributed by atoms with E-state index in [1.807, 2.05) is 13.8 Å². The molecule has 0 saturated heterocycles. The van der Waals surface area contributed by atoms with Crippen LogP contribution in [-0.2, 0) is 0 Å². The number of aldehydes is 1. The minimum Gasteiger partial charge on any atom is -0.296 e. The summed E-state index contributed by atoms with van der Waals surface area (Å²) in [6.45, 7) is 3.98. The van der Waals surface area contributed by atoms with E-state index in [1.54, 1.807) is 12.3 Å². The van der Waals surface area contributed by atoms with E-state index in [-0.39, 0.29) is 5.92 Å². The molecule has 3 nitrogen and oxygen atoms in total. The minimum atomic E-state index is 0.273. The van der Waals surface area contributed by atoms with Crippen LogP contribution in [0.15, 0.2) is 12.3 Å². The van der Waals surface area contributed by atoms with Crippen molar-refractivity contribution >= 4 is 6.29 Å². The van der Waals surface area contributed by atoms with Crippen LogP contribution in [0.25, 0.3) is 0 Å². The van der Waals surface area contributed by atoms with Crippen LogP contribution in [0, 0.1) is 0 Å². The molecule has 0 saturated carbocycles. The van der Waals surface area contributed by atoms with Crippen molar-refractivity contribution in [2.24, 2.45) is 0 Å². The second-order valence-corrected chi connectivity index (χ2v) is 2.61. The molecule has 11 heavy (non-hydrogen) atoms. The maximum atomic E-state index is 10.3. The van der Waals surface area contributed by atoms with Gasteiger partial charge in [0.25, 0.3) is 0 Å². The highest BCUT2D eigenvalue weighted by Gasteiger charge is 2.01. The van der Waals surface area contributed by atoms with Crippen LogP contribution in [0.2, 0.25) is 0 Å². The molecule has 0 aliphatic rings. The average molecular weight is 150 g/mol. The highest BCUT2D eigenvalue weighted by molar-refractivity contribution is 5.71. The predicted molar refractivity (Wildman–Crippen MR) is 41.5 cm³/mol. The van der Waals surface area contributed by atoms with Crippen LogP contribution in [0.3, 0.4) is 0 Å². The van der Waals surface area contributed by atoms with Crippen molar-refractivity contribution in [3.8, 4) is 0 Å². The molecule has 0 N–H and O–H groups in total. The van der Waals surface area contributed by atoms with Gasteiger partial charge in [-0.1, -0.05) is 13.8 Å². The first-order valence-electron chi connectivity index (χ1n) is 3.52. The average Bonchev–Trinajstić information content (AvgIpc) is 2.05. The van der Waals surface area contributed by atoms with Crippen molar-refractivity contribution in [1.29, 1.82) is 0 Å². The molecule has 0 aliphatic carbocycles. The van der Waals surface area contributed by atoms with E-state index < -0.39 is 0 Å². The topological polar surface area (TPSA) is 42.9 Å². The second kappa shape index (κ2) is 3.23. The number of aromatic nitrogens is 2. The maximum Gasteiger partial charge on any atom is 0.168 e.